The average molecular weight is 358 g/mol. The van der Waals surface area contributed by atoms with Crippen LogP contribution in [0, 0.1) is 12.8 Å². The summed E-state index contributed by atoms with van der Waals surface area (Å²) in [5.41, 5.74) is 0.949. The number of amides is 2. The molecule has 0 aliphatic carbocycles. The Morgan fingerprint density at radius 1 is 1.32 bits per heavy atom. The van der Waals surface area contributed by atoms with E-state index in [0.717, 1.165) is 19.3 Å². The molecule has 1 aliphatic heterocycles. The molecular weight excluding hydrogens is 333 g/mol. The number of benzene rings is 1. The van der Waals surface area contributed by atoms with Gasteiger partial charge in [0.25, 0.3) is 0 Å². The molecule has 140 valence electrons. The molecule has 0 unspecified atom stereocenters. The summed E-state index contributed by atoms with van der Waals surface area (Å²) in [4.78, 5) is 14.5. The molecule has 0 saturated carbocycles. The fraction of sp³-hybridized carbons (Fsp3) is 0.611. The number of nitrogens with zero attached hydrogens (tertiary/aromatic N) is 1. The predicted octanol–water partition coefficient (Wildman–Crippen LogP) is 4.98. The number of anilines is 1. The highest BCUT2D eigenvalue weighted by atomic mass is 19.4. The molecule has 1 aromatic rings. The Kier molecular flexibility index (Phi) is 6.19. The van der Waals surface area contributed by atoms with E-state index in [-0.39, 0.29) is 17.8 Å². The highest BCUT2D eigenvalue weighted by Crippen LogP contribution is 2.28. The first-order chi connectivity index (χ1) is 11.7. The second-order valence-corrected chi connectivity index (χ2v) is 6.80. The van der Waals surface area contributed by atoms with Crippen molar-refractivity contribution in [1.29, 1.82) is 0 Å². The smallest absolute Gasteiger partial charge is 0.422 e. The quantitative estimate of drug-likeness (QED) is 0.828. The SMILES string of the molecule is Cc1c(NC(=O)N2C[C@@H](C)CCC[C@@H]2C)cccc1OCC(F)(F)F. The summed E-state index contributed by atoms with van der Waals surface area (Å²) in [7, 11) is 0. The Morgan fingerprint density at radius 2 is 2.04 bits per heavy atom. The van der Waals surface area contributed by atoms with Gasteiger partial charge in [-0.2, -0.15) is 13.2 Å². The first-order valence-corrected chi connectivity index (χ1v) is 8.54. The molecule has 1 aliphatic rings. The molecule has 0 aromatic heterocycles. The summed E-state index contributed by atoms with van der Waals surface area (Å²) >= 11 is 0. The van der Waals surface area contributed by atoms with E-state index in [1.165, 1.54) is 6.07 Å². The van der Waals surface area contributed by atoms with Gasteiger partial charge in [0, 0.05) is 23.8 Å². The fourth-order valence-corrected chi connectivity index (χ4v) is 3.06. The highest BCUT2D eigenvalue weighted by Gasteiger charge is 2.29. The second-order valence-electron chi connectivity index (χ2n) is 6.80. The van der Waals surface area contributed by atoms with Crippen LogP contribution in [0.3, 0.4) is 0 Å². The van der Waals surface area contributed by atoms with Gasteiger partial charge in [-0.1, -0.05) is 19.4 Å². The molecule has 7 heteroatoms. The monoisotopic (exact) mass is 358 g/mol. The van der Waals surface area contributed by atoms with Gasteiger partial charge in [0.15, 0.2) is 6.61 Å². The summed E-state index contributed by atoms with van der Waals surface area (Å²) in [5, 5.41) is 2.82. The molecule has 0 bridgehead atoms. The summed E-state index contributed by atoms with van der Waals surface area (Å²) in [5.74, 6) is 0.547. The summed E-state index contributed by atoms with van der Waals surface area (Å²) in [6.07, 6.45) is -1.27. The molecule has 4 nitrogen and oxygen atoms in total. The van der Waals surface area contributed by atoms with Crippen LogP contribution in [0.4, 0.5) is 23.7 Å². The third-order valence-electron chi connectivity index (χ3n) is 4.54. The molecule has 1 aromatic carbocycles. The lowest BCUT2D eigenvalue weighted by atomic mass is 10.1. The molecule has 1 saturated heterocycles. The van der Waals surface area contributed by atoms with Gasteiger partial charge in [-0.3, -0.25) is 0 Å². The molecule has 1 N–H and O–H groups in total. The number of hydrogen-bond acceptors (Lipinski definition) is 2. The van der Waals surface area contributed by atoms with Crippen LogP contribution in [0.2, 0.25) is 0 Å². The van der Waals surface area contributed by atoms with Gasteiger partial charge in [0.05, 0.1) is 0 Å². The van der Waals surface area contributed by atoms with Crippen molar-refractivity contribution in [3.8, 4) is 5.75 Å². The Hall–Kier alpha value is -1.92. The first-order valence-electron chi connectivity index (χ1n) is 8.54. The van der Waals surface area contributed by atoms with Crippen LogP contribution in [0.25, 0.3) is 0 Å². The number of likely N-dealkylation sites (tertiary alicyclic amines) is 1. The van der Waals surface area contributed by atoms with E-state index >= 15 is 0 Å². The zero-order chi connectivity index (χ0) is 18.6. The molecular formula is C18H25F3N2O2. The third-order valence-corrected chi connectivity index (χ3v) is 4.54. The number of hydrogen-bond donors (Lipinski definition) is 1. The summed E-state index contributed by atoms with van der Waals surface area (Å²) in [6, 6.07) is 4.61. The summed E-state index contributed by atoms with van der Waals surface area (Å²) in [6.45, 7) is 5.10. The topological polar surface area (TPSA) is 41.6 Å². The minimum absolute atomic E-state index is 0.118. The zero-order valence-corrected chi connectivity index (χ0v) is 14.8. The number of alkyl halides is 3. The number of ether oxygens (including phenoxy) is 1. The number of carbonyl (C=O) groups excluding carboxylic acids is 1. The van der Waals surface area contributed by atoms with Gasteiger partial charge in [0.1, 0.15) is 5.75 Å². The average Bonchev–Trinajstić information content (AvgIpc) is 2.68. The van der Waals surface area contributed by atoms with Gasteiger partial charge < -0.3 is 15.0 Å². The lowest BCUT2D eigenvalue weighted by Gasteiger charge is -2.29. The van der Waals surface area contributed by atoms with E-state index in [2.05, 4.69) is 12.2 Å². The van der Waals surface area contributed by atoms with E-state index < -0.39 is 12.8 Å². The molecule has 0 spiro atoms. The van der Waals surface area contributed by atoms with E-state index in [0.29, 0.717) is 23.7 Å². The maximum Gasteiger partial charge on any atom is 0.422 e. The number of urea groups is 1. The van der Waals surface area contributed by atoms with Crippen molar-refractivity contribution in [2.75, 3.05) is 18.5 Å². The summed E-state index contributed by atoms with van der Waals surface area (Å²) < 4.78 is 41.9. The maximum absolute atomic E-state index is 12.7. The number of nitrogens with one attached hydrogen (secondary N) is 1. The Labute approximate surface area is 146 Å². The Morgan fingerprint density at radius 3 is 2.72 bits per heavy atom. The Bertz CT molecular complexity index is 604. The zero-order valence-electron chi connectivity index (χ0n) is 14.8. The van der Waals surface area contributed by atoms with Crippen LogP contribution >= 0.6 is 0 Å². The van der Waals surface area contributed by atoms with Crippen LogP contribution < -0.4 is 10.1 Å². The molecule has 0 radical (unpaired) electrons. The van der Waals surface area contributed by atoms with Gasteiger partial charge in [-0.15, -0.1) is 0 Å². The fourth-order valence-electron chi connectivity index (χ4n) is 3.06. The van der Waals surface area contributed by atoms with Crippen LogP contribution in [-0.2, 0) is 0 Å². The van der Waals surface area contributed by atoms with Crippen molar-refractivity contribution in [2.24, 2.45) is 5.92 Å². The molecule has 25 heavy (non-hydrogen) atoms. The number of rotatable bonds is 3. The van der Waals surface area contributed by atoms with E-state index in [9.17, 15) is 18.0 Å². The largest absolute Gasteiger partial charge is 0.484 e. The molecule has 2 amide bonds. The Balaban J connectivity index is 2.09. The van der Waals surface area contributed by atoms with E-state index in [1.54, 1.807) is 24.0 Å². The second kappa shape index (κ2) is 7.97. The highest BCUT2D eigenvalue weighted by molar-refractivity contribution is 5.90. The van der Waals surface area contributed by atoms with Gasteiger partial charge in [-0.05, 0) is 44.7 Å². The predicted molar refractivity (Wildman–Crippen MR) is 90.9 cm³/mol. The van der Waals surface area contributed by atoms with Gasteiger partial charge in [-0.25, -0.2) is 4.79 Å². The standard InChI is InChI=1S/C18H25F3N2O2/c1-12-6-4-7-13(2)23(10-12)17(24)22-15-8-5-9-16(14(15)3)25-11-18(19,20)21/h5,8-9,12-13H,4,6-7,10-11H2,1-3H3,(H,22,24)/t12-,13-/m0/s1. The minimum atomic E-state index is -4.40. The minimum Gasteiger partial charge on any atom is -0.484 e. The third kappa shape index (κ3) is 5.54. The van der Waals surface area contributed by atoms with Crippen LogP contribution in [0.15, 0.2) is 18.2 Å². The number of carbonyl (C=O) groups is 1. The molecule has 1 heterocycles. The van der Waals surface area contributed by atoms with Crippen molar-refractivity contribution in [1.82, 2.24) is 4.90 Å². The lowest BCUT2D eigenvalue weighted by Crippen LogP contribution is -2.42. The van der Waals surface area contributed by atoms with Crippen LogP contribution in [0.1, 0.15) is 38.7 Å². The lowest BCUT2D eigenvalue weighted by molar-refractivity contribution is -0.153. The van der Waals surface area contributed by atoms with Gasteiger partial charge >= 0.3 is 12.2 Å². The molecule has 2 rings (SSSR count). The molecule has 2 atom stereocenters. The van der Waals surface area contributed by atoms with Crippen LogP contribution in [-0.4, -0.2) is 36.3 Å². The number of halogens is 3. The maximum atomic E-state index is 12.7. The normalized spacial score (nSPS) is 21.6. The molecule has 1 fully saturated rings. The van der Waals surface area contributed by atoms with Crippen molar-refractivity contribution >= 4 is 11.7 Å². The van der Waals surface area contributed by atoms with Crippen LogP contribution in [0.5, 0.6) is 5.75 Å². The first kappa shape index (κ1) is 19.4. The van der Waals surface area contributed by atoms with E-state index in [4.69, 9.17) is 4.74 Å². The van der Waals surface area contributed by atoms with E-state index in [1.807, 2.05) is 6.92 Å². The van der Waals surface area contributed by atoms with Crippen molar-refractivity contribution in [2.45, 2.75) is 52.3 Å². The van der Waals surface area contributed by atoms with Crippen molar-refractivity contribution in [3.05, 3.63) is 23.8 Å². The van der Waals surface area contributed by atoms with Crippen molar-refractivity contribution < 1.29 is 22.7 Å². The van der Waals surface area contributed by atoms with Crippen molar-refractivity contribution in [3.63, 3.8) is 0 Å². The van der Waals surface area contributed by atoms with Gasteiger partial charge in [0.2, 0.25) is 0 Å².